The molecule has 1 aromatic heterocycles. The van der Waals surface area contributed by atoms with E-state index >= 15 is 0 Å². The molecule has 1 N–H and O–H groups in total. The Balaban J connectivity index is 1.85. The van der Waals surface area contributed by atoms with Gasteiger partial charge in [0.05, 0.1) is 5.69 Å². The molecule has 0 saturated carbocycles. The number of hydrogen-bond donors (Lipinski definition) is 1. The lowest BCUT2D eigenvalue weighted by Crippen LogP contribution is -2.11. The van der Waals surface area contributed by atoms with Crippen LogP contribution in [-0.4, -0.2) is 10.9 Å². The average Bonchev–Trinajstić information content (AvgIpc) is 2.90. The van der Waals surface area contributed by atoms with E-state index in [9.17, 15) is 9.18 Å². The molecule has 0 unspecified atom stereocenters. The Labute approximate surface area is 141 Å². The molecular weight excluding hydrogens is 335 g/mol. The van der Waals surface area contributed by atoms with Gasteiger partial charge < -0.3 is 5.32 Å². The first kappa shape index (κ1) is 15.6. The van der Waals surface area contributed by atoms with E-state index in [0.717, 1.165) is 5.56 Å². The molecule has 0 aliphatic rings. The Morgan fingerprint density at radius 1 is 1.22 bits per heavy atom. The Morgan fingerprint density at radius 3 is 2.65 bits per heavy atom. The summed E-state index contributed by atoms with van der Waals surface area (Å²) >= 11 is 7.18. The number of anilines is 1. The fourth-order valence-corrected chi connectivity index (χ4v) is 3.23. The number of aromatic nitrogens is 1. The summed E-state index contributed by atoms with van der Waals surface area (Å²) in [5.41, 5.74) is 2.04. The highest BCUT2D eigenvalue weighted by atomic mass is 35.5. The predicted molar refractivity (Wildman–Crippen MR) is 91.7 cm³/mol. The number of hydrogen-bond acceptors (Lipinski definition) is 3. The minimum absolute atomic E-state index is 0.240. The molecule has 6 heteroatoms. The zero-order chi connectivity index (χ0) is 16.4. The highest BCUT2D eigenvalue weighted by Crippen LogP contribution is 2.28. The van der Waals surface area contributed by atoms with E-state index < -0.39 is 0 Å². The molecule has 0 spiro atoms. The maximum Gasteiger partial charge on any atom is 0.267 e. The summed E-state index contributed by atoms with van der Waals surface area (Å²) in [7, 11) is 0. The second kappa shape index (κ2) is 6.48. The van der Waals surface area contributed by atoms with Gasteiger partial charge in [0.15, 0.2) is 0 Å². The Kier molecular flexibility index (Phi) is 4.41. The van der Waals surface area contributed by atoms with Gasteiger partial charge in [-0.3, -0.25) is 4.79 Å². The van der Waals surface area contributed by atoms with Gasteiger partial charge in [0.25, 0.3) is 5.91 Å². The lowest BCUT2D eigenvalue weighted by atomic mass is 10.2. The van der Waals surface area contributed by atoms with Crippen LogP contribution in [0.2, 0.25) is 5.02 Å². The molecule has 0 atom stereocenters. The first-order valence-electron chi connectivity index (χ1n) is 6.83. The van der Waals surface area contributed by atoms with Crippen LogP contribution in [0.3, 0.4) is 0 Å². The summed E-state index contributed by atoms with van der Waals surface area (Å²) in [5.74, 6) is -0.545. The highest BCUT2D eigenvalue weighted by Gasteiger charge is 2.16. The third-order valence-electron chi connectivity index (χ3n) is 3.18. The van der Waals surface area contributed by atoms with E-state index in [2.05, 4.69) is 10.3 Å². The summed E-state index contributed by atoms with van der Waals surface area (Å²) in [5, 5.41) is 4.03. The second-order valence-corrected chi connectivity index (χ2v) is 6.34. The number of benzene rings is 2. The summed E-state index contributed by atoms with van der Waals surface area (Å²) in [6, 6.07) is 13.0. The van der Waals surface area contributed by atoms with Crippen LogP contribution in [0, 0.1) is 12.7 Å². The summed E-state index contributed by atoms with van der Waals surface area (Å²) in [6.45, 7) is 1.77. The maximum absolute atomic E-state index is 13.0. The molecule has 116 valence electrons. The molecule has 1 amide bonds. The van der Waals surface area contributed by atoms with Crippen LogP contribution in [0.5, 0.6) is 0 Å². The Morgan fingerprint density at radius 2 is 1.96 bits per heavy atom. The Hall–Kier alpha value is -2.24. The zero-order valence-electron chi connectivity index (χ0n) is 12.1. The van der Waals surface area contributed by atoms with Crippen molar-refractivity contribution in [1.82, 2.24) is 4.98 Å². The van der Waals surface area contributed by atoms with Gasteiger partial charge in [-0.2, -0.15) is 0 Å². The van der Waals surface area contributed by atoms with Gasteiger partial charge in [-0.15, -0.1) is 11.3 Å². The van der Waals surface area contributed by atoms with E-state index in [1.807, 2.05) is 0 Å². The SMILES string of the molecule is Cc1nc(-c2ccc(F)cc2)sc1C(=O)Nc1cccc(Cl)c1. The third-order valence-corrected chi connectivity index (χ3v) is 4.62. The molecule has 3 nitrogen and oxygen atoms in total. The van der Waals surface area contributed by atoms with Crippen molar-refractivity contribution < 1.29 is 9.18 Å². The number of halogens is 2. The van der Waals surface area contributed by atoms with E-state index in [1.54, 1.807) is 43.3 Å². The van der Waals surface area contributed by atoms with Crippen LogP contribution in [0.25, 0.3) is 10.6 Å². The molecular formula is C17H12ClFN2OS. The maximum atomic E-state index is 13.0. The van der Waals surface area contributed by atoms with Crippen LogP contribution in [-0.2, 0) is 0 Å². The number of carbonyl (C=O) groups excluding carboxylic acids is 1. The van der Waals surface area contributed by atoms with E-state index in [4.69, 9.17) is 11.6 Å². The van der Waals surface area contributed by atoms with E-state index in [1.165, 1.54) is 23.5 Å². The molecule has 0 radical (unpaired) electrons. The number of nitrogens with one attached hydrogen (secondary N) is 1. The molecule has 3 aromatic rings. The molecule has 0 fully saturated rings. The smallest absolute Gasteiger partial charge is 0.267 e. The van der Waals surface area contributed by atoms with Crippen LogP contribution in [0.1, 0.15) is 15.4 Å². The van der Waals surface area contributed by atoms with Crippen molar-refractivity contribution in [1.29, 1.82) is 0 Å². The van der Waals surface area contributed by atoms with Gasteiger partial charge in [0, 0.05) is 16.3 Å². The van der Waals surface area contributed by atoms with Gasteiger partial charge >= 0.3 is 0 Å². The van der Waals surface area contributed by atoms with Crippen molar-refractivity contribution in [3.8, 4) is 10.6 Å². The van der Waals surface area contributed by atoms with Crippen molar-refractivity contribution in [2.24, 2.45) is 0 Å². The standard InChI is InChI=1S/C17H12ClFN2OS/c1-10-15(16(22)21-14-4-2-3-12(18)9-14)23-17(20-10)11-5-7-13(19)8-6-11/h2-9H,1H3,(H,21,22). The summed E-state index contributed by atoms with van der Waals surface area (Å²) in [6.07, 6.45) is 0. The number of aryl methyl sites for hydroxylation is 1. The van der Waals surface area contributed by atoms with Crippen molar-refractivity contribution in [3.05, 3.63) is 69.9 Å². The van der Waals surface area contributed by atoms with Crippen molar-refractivity contribution in [2.45, 2.75) is 6.92 Å². The van der Waals surface area contributed by atoms with Crippen molar-refractivity contribution >= 4 is 34.5 Å². The summed E-state index contributed by atoms with van der Waals surface area (Å²) in [4.78, 5) is 17.3. The van der Waals surface area contributed by atoms with Crippen LogP contribution in [0.15, 0.2) is 48.5 Å². The third kappa shape index (κ3) is 3.57. The fraction of sp³-hybridized carbons (Fsp3) is 0.0588. The molecule has 0 saturated heterocycles. The number of thiazole rings is 1. The molecule has 23 heavy (non-hydrogen) atoms. The van der Waals surface area contributed by atoms with Crippen molar-refractivity contribution in [3.63, 3.8) is 0 Å². The van der Waals surface area contributed by atoms with Gasteiger partial charge in [0.1, 0.15) is 15.7 Å². The second-order valence-electron chi connectivity index (χ2n) is 4.90. The highest BCUT2D eigenvalue weighted by molar-refractivity contribution is 7.17. The van der Waals surface area contributed by atoms with E-state index in [0.29, 0.717) is 26.3 Å². The number of rotatable bonds is 3. The first-order valence-corrected chi connectivity index (χ1v) is 8.02. The number of carbonyl (C=O) groups is 1. The zero-order valence-corrected chi connectivity index (χ0v) is 13.7. The minimum Gasteiger partial charge on any atom is -0.321 e. The Bertz CT molecular complexity index is 861. The van der Waals surface area contributed by atoms with Crippen molar-refractivity contribution in [2.75, 3.05) is 5.32 Å². The molecule has 1 heterocycles. The summed E-state index contributed by atoms with van der Waals surface area (Å²) < 4.78 is 13.0. The lowest BCUT2D eigenvalue weighted by Gasteiger charge is -2.04. The largest absolute Gasteiger partial charge is 0.321 e. The molecule has 0 bridgehead atoms. The van der Waals surface area contributed by atoms with Crippen LogP contribution < -0.4 is 5.32 Å². The monoisotopic (exact) mass is 346 g/mol. The number of nitrogens with zero attached hydrogens (tertiary/aromatic N) is 1. The predicted octanol–water partition coefficient (Wildman–Crippen LogP) is 5.16. The topological polar surface area (TPSA) is 42.0 Å². The van der Waals surface area contributed by atoms with Gasteiger partial charge in [-0.1, -0.05) is 17.7 Å². The lowest BCUT2D eigenvalue weighted by molar-refractivity contribution is 0.103. The molecule has 3 rings (SSSR count). The van der Waals surface area contributed by atoms with Crippen LogP contribution in [0.4, 0.5) is 10.1 Å². The van der Waals surface area contributed by atoms with E-state index in [-0.39, 0.29) is 11.7 Å². The average molecular weight is 347 g/mol. The molecule has 2 aromatic carbocycles. The first-order chi connectivity index (χ1) is 11.0. The van der Waals surface area contributed by atoms with Crippen LogP contribution >= 0.6 is 22.9 Å². The molecule has 0 aliphatic heterocycles. The molecule has 0 aliphatic carbocycles. The fourth-order valence-electron chi connectivity index (χ4n) is 2.08. The van der Waals surface area contributed by atoms with Gasteiger partial charge in [-0.05, 0) is 49.4 Å². The normalized spacial score (nSPS) is 10.6. The minimum atomic E-state index is -0.305. The number of amides is 1. The van der Waals surface area contributed by atoms with Gasteiger partial charge in [-0.25, -0.2) is 9.37 Å². The quantitative estimate of drug-likeness (QED) is 0.711. The van der Waals surface area contributed by atoms with Gasteiger partial charge in [0.2, 0.25) is 0 Å².